The number of halogens is 1. The summed E-state index contributed by atoms with van der Waals surface area (Å²) in [6.07, 6.45) is 2.04. The summed E-state index contributed by atoms with van der Waals surface area (Å²) in [5.41, 5.74) is 2.53. The topological polar surface area (TPSA) is 15.8 Å². The molecular formula is C9H8BrN. The van der Waals surface area contributed by atoms with Crippen molar-refractivity contribution in [1.82, 2.24) is 4.98 Å². The maximum atomic E-state index is 3.44. The summed E-state index contributed by atoms with van der Waals surface area (Å²) in [4.78, 5) is 3.21. The Balaban J connectivity index is 2.76. The van der Waals surface area contributed by atoms with Crippen LogP contribution in [0.5, 0.6) is 0 Å². The van der Waals surface area contributed by atoms with Gasteiger partial charge in [-0.15, -0.1) is 0 Å². The molecule has 1 nitrogen and oxygen atoms in total. The third-order valence-corrected chi connectivity index (χ3v) is 2.42. The van der Waals surface area contributed by atoms with Crippen molar-refractivity contribution >= 4 is 26.8 Å². The summed E-state index contributed by atoms with van der Waals surface area (Å²) in [6.45, 7) is 0. The van der Waals surface area contributed by atoms with Gasteiger partial charge in [-0.05, 0) is 11.6 Å². The summed E-state index contributed by atoms with van der Waals surface area (Å²) in [5.74, 6) is 0. The first-order chi connectivity index (χ1) is 5.42. The molecule has 0 aliphatic heterocycles. The zero-order valence-corrected chi connectivity index (χ0v) is 7.56. The van der Waals surface area contributed by atoms with Gasteiger partial charge in [-0.1, -0.05) is 34.1 Å². The maximum absolute atomic E-state index is 3.44. The van der Waals surface area contributed by atoms with Crippen molar-refractivity contribution in [1.29, 1.82) is 0 Å². The number of aromatic amines is 1. The lowest BCUT2D eigenvalue weighted by Gasteiger charge is -1.89. The average Bonchev–Trinajstić information content (AvgIpc) is 2.47. The summed E-state index contributed by atoms with van der Waals surface area (Å²) >= 11 is 3.44. The normalized spacial score (nSPS) is 10.6. The van der Waals surface area contributed by atoms with E-state index in [0.717, 1.165) is 5.33 Å². The summed E-state index contributed by atoms with van der Waals surface area (Å²) in [6, 6.07) is 8.31. The van der Waals surface area contributed by atoms with Gasteiger partial charge in [0.2, 0.25) is 0 Å². The highest BCUT2D eigenvalue weighted by atomic mass is 79.9. The molecule has 1 heterocycles. The molecule has 1 N–H and O–H groups in total. The van der Waals surface area contributed by atoms with Crippen LogP contribution in [-0.4, -0.2) is 4.98 Å². The molecule has 0 atom stereocenters. The highest BCUT2D eigenvalue weighted by molar-refractivity contribution is 9.08. The van der Waals surface area contributed by atoms with E-state index in [1.54, 1.807) is 0 Å². The molecule has 2 heteroatoms. The molecule has 0 aliphatic carbocycles. The molecule has 0 fully saturated rings. The van der Waals surface area contributed by atoms with E-state index in [4.69, 9.17) is 0 Å². The number of aromatic nitrogens is 1. The van der Waals surface area contributed by atoms with E-state index in [9.17, 15) is 0 Å². The fourth-order valence-corrected chi connectivity index (χ4v) is 1.71. The lowest BCUT2D eigenvalue weighted by atomic mass is 10.2. The Morgan fingerprint density at radius 2 is 2.09 bits per heavy atom. The average molecular weight is 210 g/mol. The summed E-state index contributed by atoms with van der Waals surface area (Å²) in [5, 5.41) is 2.22. The van der Waals surface area contributed by atoms with E-state index >= 15 is 0 Å². The van der Waals surface area contributed by atoms with Crippen molar-refractivity contribution in [2.45, 2.75) is 5.33 Å². The molecular weight excluding hydrogens is 202 g/mol. The van der Waals surface area contributed by atoms with E-state index in [1.807, 2.05) is 12.3 Å². The summed E-state index contributed by atoms with van der Waals surface area (Å²) < 4.78 is 0. The molecule has 2 rings (SSSR count). The molecule has 0 bridgehead atoms. The van der Waals surface area contributed by atoms with Gasteiger partial charge in [0.15, 0.2) is 0 Å². The number of H-pyrrole nitrogens is 1. The molecule has 0 aliphatic rings. The second-order valence-electron chi connectivity index (χ2n) is 2.49. The SMILES string of the molecule is BrCc1c[nH]c2ccccc12. The molecule has 0 radical (unpaired) electrons. The van der Waals surface area contributed by atoms with Crippen LogP contribution in [0, 0.1) is 0 Å². The molecule has 1 aromatic carbocycles. The van der Waals surface area contributed by atoms with Crippen molar-refractivity contribution in [2.24, 2.45) is 0 Å². The standard InChI is InChI=1S/C9H8BrN/c10-5-7-6-11-9-4-2-1-3-8(7)9/h1-4,6,11H,5H2. The minimum atomic E-state index is 0.914. The van der Waals surface area contributed by atoms with Crippen LogP contribution in [-0.2, 0) is 5.33 Å². The number of alkyl halides is 1. The zero-order valence-electron chi connectivity index (χ0n) is 5.97. The Labute approximate surface area is 73.6 Å². The highest BCUT2D eigenvalue weighted by Gasteiger charge is 1.98. The second-order valence-corrected chi connectivity index (χ2v) is 3.05. The lowest BCUT2D eigenvalue weighted by molar-refractivity contribution is 1.41. The fourth-order valence-electron chi connectivity index (χ4n) is 1.24. The Morgan fingerprint density at radius 3 is 2.91 bits per heavy atom. The number of nitrogens with one attached hydrogen (secondary N) is 1. The Morgan fingerprint density at radius 1 is 1.27 bits per heavy atom. The van der Waals surface area contributed by atoms with Crippen LogP contribution in [0.2, 0.25) is 0 Å². The molecule has 11 heavy (non-hydrogen) atoms. The van der Waals surface area contributed by atoms with E-state index in [-0.39, 0.29) is 0 Å². The molecule has 56 valence electrons. The van der Waals surface area contributed by atoms with Gasteiger partial charge in [0.25, 0.3) is 0 Å². The maximum Gasteiger partial charge on any atom is 0.0457 e. The molecule has 2 aromatic rings. The number of benzene rings is 1. The van der Waals surface area contributed by atoms with Crippen LogP contribution < -0.4 is 0 Å². The van der Waals surface area contributed by atoms with Gasteiger partial charge in [0.1, 0.15) is 0 Å². The Kier molecular flexibility index (Phi) is 1.70. The van der Waals surface area contributed by atoms with Crippen LogP contribution in [0.3, 0.4) is 0 Å². The number of para-hydroxylation sites is 1. The minimum absolute atomic E-state index is 0.914. The van der Waals surface area contributed by atoms with Crippen molar-refractivity contribution in [2.75, 3.05) is 0 Å². The first kappa shape index (κ1) is 6.92. The minimum Gasteiger partial charge on any atom is -0.361 e. The number of hydrogen-bond donors (Lipinski definition) is 1. The van der Waals surface area contributed by atoms with Crippen LogP contribution in [0.15, 0.2) is 30.5 Å². The van der Waals surface area contributed by atoms with Crippen LogP contribution in [0.25, 0.3) is 10.9 Å². The van der Waals surface area contributed by atoms with Gasteiger partial charge < -0.3 is 4.98 Å². The Hall–Kier alpha value is -0.760. The first-order valence-electron chi connectivity index (χ1n) is 3.53. The van der Waals surface area contributed by atoms with Gasteiger partial charge in [0, 0.05) is 22.4 Å². The van der Waals surface area contributed by atoms with Crippen molar-refractivity contribution in [3.05, 3.63) is 36.0 Å². The lowest BCUT2D eigenvalue weighted by Crippen LogP contribution is -1.70. The monoisotopic (exact) mass is 209 g/mol. The predicted octanol–water partition coefficient (Wildman–Crippen LogP) is 3.06. The van der Waals surface area contributed by atoms with Gasteiger partial charge in [-0.3, -0.25) is 0 Å². The van der Waals surface area contributed by atoms with Crippen molar-refractivity contribution < 1.29 is 0 Å². The van der Waals surface area contributed by atoms with Gasteiger partial charge >= 0.3 is 0 Å². The van der Waals surface area contributed by atoms with Crippen LogP contribution in [0.4, 0.5) is 0 Å². The van der Waals surface area contributed by atoms with E-state index in [2.05, 4.69) is 39.1 Å². The third-order valence-electron chi connectivity index (χ3n) is 1.82. The Bertz CT molecular complexity index is 364. The van der Waals surface area contributed by atoms with E-state index in [1.165, 1.54) is 16.5 Å². The first-order valence-corrected chi connectivity index (χ1v) is 4.65. The van der Waals surface area contributed by atoms with E-state index < -0.39 is 0 Å². The van der Waals surface area contributed by atoms with Gasteiger partial charge in [-0.25, -0.2) is 0 Å². The molecule has 0 unspecified atom stereocenters. The van der Waals surface area contributed by atoms with Gasteiger partial charge in [-0.2, -0.15) is 0 Å². The smallest absolute Gasteiger partial charge is 0.0457 e. The third kappa shape index (κ3) is 1.07. The molecule has 0 amide bonds. The highest BCUT2D eigenvalue weighted by Crippen LogP contribution is 2.19. The fraction of sp³-hybridized carbons (Fsp3) is 0.111. The summed E-state index contributed by atoms with van der Waals surface area (Å²) in [7, 11) is 0. The van der Waals surface area contributed by atoms with Gasteiger partial charge in [0.05, 0.1) is 0 Å². The number of hydrogen-bond acceptors (Lipinski definition) is 0. The van der Waals surface area contributed by atoms with E-state index in [0.29, 0.717) is 0 Å². The predicted molar refractivity (Wildman–Crippen MR) is 50.9 cm³/mol. The second kappa shape index (κ2) is 2.70. The molecule has 0 saturated heterocycles. The van der Waals surface area contributed by atoms with Crippen LogP contribution in [0.1, 0.15) is 5.56 Å². The number of fused-ring (bicyclic) bond motifs is 1. The zero-order chi connectivity index (χ0) is 7.68. The molecule has 0 spiro atoms. The van der Waals surface area contributed by atoms with Crippen molar-refractivity contribution in [3.63, 3.8) is 0 Å². The molecule has 1 aromatic heterocycles. The van der Waals surface area contributed by atoms with Crippen molar-refractivity contribution in [3.8, 4) is 0 Å². The quantitative estimate of drug-likeness (QED) is 0.696. The largest absolute Gasteiger partial charge is 0.361 e. The van der Waals surface area contributed by atoms with Crippen LogP contribution >= 0.6 is 15.9 Å². The molecule has 0 saturated carbocycles. The number of rotatable bonds is 1.